The fourth-order valence-electron chi connectivity index (χ4n) is 3.13. The van der Waals surface area contributed by atoms with E-state index in [1.165, 1.54) is 5.56 Å². The van der Waals surface area contributed by atoms with E-state index in [9.17, 15) is 9.90 Å². The van der Waals surface area contributed by atoms with Crippen LogP contribution >= 0.6 is 11.6 Å². The summed E-state index contributed by atoms with van der Waals surface area (Å²) in [7, 11) is 0. The van der Waals surface area contributed by atoms with Crippen molar-refractivity contribution in [3.8, 4) is 0 Å². The zero-order valence-electron chi connectivity index (χ0n) is 13.6. The topological polar surface area (TPSA) is 58.4 Å². The SMILES string of the molecule is O=C(c1cccc2c1ncn2CCc1ccc(Cl)cc1)N1CC(O)C1. The lowest BCUT2D eigenvalue weighted by molar-refractivity contribution is 0.00601. The number of amides is 1. The number of aromatic nitrogens is 2. The summed E-state index contributed by atoms with van der Waals surface area (Å²) in [6.45, 7) is 1.57. The molecule has 6 heteroatoms. The van der Waals surface area contributed by atoms with Crippen molar-refractivity contribution in [2.45, 2.75) is 19.1 Å². The molecule has 1 aliphatic heterocycles. The van der Waals surface area contributed by atoms with E-state index in [1.807, 2.05) is 36.4 Å². The highest BCUT2D eigenvalue weighted by atomic mass is 35.5. The summed E-state index contributed by atoms with van der Waals surface area (Å²) in [5.41, 5.74) is 3.45. The van der Waals surface area contributed by atoms with Gasteiger partial charge in [0.1, 0.15) is 5.52 Å². The smallest absolute Gasteiger partial charge is 0.256 e. The van der Waals surface area contributed by atoms with Crippen molar-refractivity contribution in [1.29, 1.82) is 0 Å². The zero-order chi connectivity index (χ0) is 17.4. The maximum absolute atomic E-state index is 12.6. The first-order chi connectivity index (χ1) is 12.1. The van der Waals surface area contributed by atoms with E-state index in [4.69, 9.17) is 11.6 Å². The maximum Gasteiger partial charge on any atom is 0.256 e. The molecular formula is C19H18ClN3O2. The summed E-state index contributed by atoms with van der Waals surface area (Å²) in [5.74, 6) is -0.0705. The predicted molar refractivity (Wildman–Crippen MR) is 96.8 cm³/mol. The van der Waals surface area contributed by atoms with Crippen molar-refractivity contribution in [2.75, 3.05) is 13.1 Å². The summed E-state index contributed by atoms with van der Waals surface area (Å²) < 4.78 is 2.06. The Morgan fingerprint density at radius 1 is 1.20 bits per heavy atom. The van der Waals surface area contributed by atoms with Crippen molar-refractivity contribution in [3.63, 3.8) is 0 Å². The number of hydrogen-bond donors (Lipinski definition) is 1. The molecule has 0 radical (unpaired) electrons. The number of nitrogens with zero attached hydrogens (tertiary/aromatic N) is 3. The third kappa shape index (κ3) is 3.13. The van der Waals surface area contributed by atoms with Crippen LogP contribution < -0.4 is 0 Å². The Morgan fingerprint density at radius 3 is 2.68 bits per heavy atom. The quantitative estimate of drug-likeness (QED) is 0.783. The van der Waals surface area contributed by atoms with Crippen LogP contribution in [0.25, 0.3) is 11.0 Å². The minimum Gasteiger partial charge on any atom is -0.389 e. The van der Waals surface area contributed by atoms with Crippen molar-refractivity contribution < 1.29 is 9.90 Å². The van der Waals surface area contributed by atoms with Gasteiger partial charge in [-0.3, -0.25) is 4.79 Å². The van der Waals surface area contributed by atoms with Gasteiger partial charge in [-0.2, -0.15) is 0 Å². The molecule has 0 aliphatic carbocycles. The number of para-hydroxylation sites is 1. The predicted octanol–water partition coefficient (Wildman–Crippen LogP) is 2.75. The molecule has 4 rings (SSSR count). The average molecular weight is 356 g/mol. The number of imidazole rings is 1. The van der Waals surface area contributed by atoms with E-state index in [0.29, 0.717) is 24.2 Å². The van der Waals surface area contributed by atoms with Crippen LogP contribution in [-0.4, -0.2) is 44.7 Å². The molecule has 5 nitrogen and oxygen atoms in total. The third-order valence-corrected chi connectivity index (χ3v) is 4.84. The van der Waals surface area contributed by atoms with Crippen LogP contribution in [-0.2, 0) is 13.0 Å². The molecule has 3 aromatic rings. The Kier molecular flexibility index (Phi) is 4.19. The monoisotopic (exact) mass is 355 g/mol. The summed E-state index contributed by atoms with van der Waals surface area (Å²) in [5, 5.41) is 10.1. The molecule has 2 heterocycles. The van der Waals surface area contributed by atoms with E-state index in [0.717, 1.165) is 23.5 Å². The van der Waals surface area contributed by atoms with Crippen molar-refractivity contribution in [2.24, 2.45) is 0 Å². The largest absolute Gasteiger partial charge is 0.389 e. The number of benzene rings is 2. The minimum absolute atomic E-state index is 0.0705. The number of aliphatic hydroxyl groups excluding tert-OH is 1. The fraction of sp³-hybridized carbons (Fsp3) is 0.263. The number of fused-ring (bicyclic) bond motifs is 1. The van der Waals surface area contributed by atoms with Crippen LogP contribution in [0.5, 0.6) is 0 Å². The molecule has 1 saturated heterocycles. The lowest BCUT2D eigenvalue weighted by atomic mass is 10.1. The van der Waals surface area contributed by atoms with Crippen LogP contribution in [0.15, 0.2) is 48.8 Å². The second-order valence-electron chi connectivity index (χ2n) is 6.35. The van der Waals surface area contributed by atoms with Crippen LogP contribution in [0.1, 0.15) is 15.9 Å². The first-order valence-corrected chi connectivity index (χ1v) is 8.65. The highest BCUT2D eigenvalue weighted by Gasteiger charge is 2.30. The number of aliphatic hydroxyl groups is 1. The summed E-state index contributed by atoms with van der Waals surface area (Å²) >= 11 is 5.92. The fourth-order valence-corrected chi connectivity index (χ4v) is 3.26. The number of aryl methyl sites for hydroxylation is 2. The van der Waals surface area contributed by atoms with Gasteiger partial charge in [-0.15, -0.1) is 0 Å². The highest BCUT2D eigenvalue weighted by molar-refractivity contribution is 6.30. The molecule has 1 fully saturated rings. The zero-order valence-corrected chi connectivity index (χ0v) is 14.4. The first kappa shape index (κ1) is 16.1. The van der Waals surface area contributed by atoms with Crippen molar-refractivity contribution >= 4 is 28.5 Å². The van der Waals surface area contributed by atoms with Crippen LogP contribution in [0, 0.1) is 0 Å². The molecule has 0 atom stereocenters. The number of carbonyl (C=O) groups excluding carboxylic acids is 1. The number of hydrogen-bond acceptors (Lipinski definition) is 3. The summed E-state index contributed by atoms with van der Waals surface area (Å²) in [4.78, 5) is 18.7. The van der Waals surface area contributed by atoms with Gasteiger partial charge in [0, 0.05) is 24.7 Å². The second kappa shape index (κ2) is 6.50. The maximum atomic E-state index is 12.6. The summed E-state index contributed by atoms with van der Waals surface area (Å²) in [6.07, 6.45) is 2.24. The number of rotatable bonds is 4. The number of likely N-dealkylation sites (tertiary alicyclic amines) is 1. The Labute approximate surface area is 150 Å². The normalized spacial score (nSPS) is 14.7. The molecule has 0 unspecified atom stereocenters. The van der Waals surface area contributed by atoms with Crippen molar-refractivity contribution in [1.82, 2.24) is 14.5 Å². The van der Waals surface area contributed by atoms with E-state index in [2.05, 4.69) is 9.55 Å². The average Bonchev–Trinajstić information content (AvgIpc) is 3.01. The van der Waals surface area contributed by atoms with Gasteiger partial charge in [0.05, 0.1) is 23.5 Å². The second-order valence-corrected chi connectivity index (χ2v) is 6.79. The first-order valence-electron chi connectivity index (χ1n) is 8.27. The molecule has 1 aliphatic rings. The van der Waals surface area contributed by atoms with Gasteiger partial charge >= 0.3 is 0 Å². The summed E-state index contributed by atoms with van der Waals surface area (Å²) in [6, 6.07) is 13.5. The Bertz CT molecular complexity index is 914. The van der Waals surface area contributed by atoms with Gasteiger partial charge in [0.25, 0.3) is 5.91 Å². The number of β-amino-alcohol motifs (C(OH)–C–C–N with tert-alkyl or cyclic N) is 1. The van der Waals surface area contributed by atoms with Gasteiger partial charge in [-0.25, -0.2) is 4.98 Å². The molecule has 0 spiro atoms. The third-order valence-electron chi connectivity index (χ3n) is 4.58. The van der Waals surface area contributed by atoms with Crippen LogP contribution in [0.2, 0.25) is 5.02 Å². The Hall–Kier alpha value is -2.37. The minimum atomic E-state index is -0.403. The van der Waals surface area contributed by atoms with Gasteiger partial charge in [0.2, 0.25) is 0 Å². The van der Waals surface area contributed by atoms with Gasteiger partial charge < -0.3 is 14.6 Å². The molecule has 2 aromatic carbocycles. The van der Waals surface area contributed by atoms with Gasteiger partial charge in [0.15, 0.2) is 0 Å². The van der Waals surface area contributed by atoms with E-state index < -0.39 is 6.10 Å². The highest BCUT2D eigenvalue weighted by Crippen LogP contribution is 2.22. The van der Waals surface area contributed by atoms with Gasteiger partial charge in [-0.1, -0.05) is 29.8 Å². The lowest BCUT2D eigenvalue weighted by Crippen LogP contribution is -2.53. The van der Waals surface area contributed by atoms with E-state index in [-0.39, 0.29) is 5.91 Å². The van der Waals surface area contributed by atoms with Crippen LogP contribution in [0.4, 0.5) is 0 Å². The Morgan fingerprint density at radius 2 is 1.96 bits per heavy atom. The van der Waals surface area contributed by atoms with Gasteiger partial charge in [-0.05, 0) is 36.2 Å². The number of halogens is 1. The van der Waals surface area contributed by atoms with E-state index >= 15 is 0 Å². The van der Waals surface area contributed by atoms with E-state index in [1.54, 1.807) is 17.3 Å². The molecule has 0 bridgehead atoms. The number of carbonyl (C=O) groups is 1. The molecule has 1 aromatic heterocycles. The molecule has 1 amide bonds. The van der Waals surface area contributed by atoms with Crippen LogP contribution in [0.3, 0.4) is 0 Å². The lowest BCUT2D eigenvalue weighted by Gasteiger charge is -2.35. The molecule has 128 valence electrons. The Balaban J connectivity index is 1.56. The molecule has 0 saturated carbocycles. The van der Waals surface area contributed by atoms with Crippen molar-refractivity contribution in [3.05, 3.63) is 64.9 Å². The molecular weight excluding hydrogens is 338 g/mol. The molecule has 1 N–H and O–H groups in total. The standard InChI is InChI=1S/C19H18ClN3O2/c20-14-6-4-13(5-7-14)8-9-22-12-21-18-16(2-1-3-17(18)22)19(25)23-10-15(24)11-23/h1-7,12,15,24H,8-11H2. The molecule has 25 heavy (non-hydrogen) atoms.